The highest BCUT2D eigenvalue weighted by Crippen LogP contribution is 2.20. The third kappa shape index (κ3) is 5.08. The number of thioether (sulfide) groups is 2. The van der Waals surface area contributed by atoms with Crippen LogP contribution < -0.4 is 10.9 Å². The van der Waals surface area contributed by atoms with Gasteiger partial charge in [-0.25, -0.2) is 4.98 Å². The zero-order valence-electron chi connectivity index (χ0n) is 15.4. The molecule has 0 aliphatic rings. The van der Waals surface area contributed by atoms with E-state index in [2.05, 4.69) is 10.3 Å². The summed E-state index contributed by atoms with van der Waals surface area (Å²) in [7, 11) is 0. The first kappa shape index (κ1) is 20.3. The van der Waals surface area contributed by atoms with Gasteiger partial charge in [0, 0.05) is 18.3 Å². The van der Waals surface area contributed by atoms with Crippen LogP contribution in [0.25, 0.3) is 10.9 Å². The molecule has 0 unspecified atom stereocenters. The summed E-state index contributed by atoms with van der Waals surface area (Å²) in [4.78, 5) is 29.8. The first-order valence-corrected chi connectivity index (χ1v) is 11.2. The lowest BCUT2D eigenvalue weighted by Gasteiger charge is -2.13. The molecule has 146 valence electrons. The number of phenols is 1. The van der Waals surface area contributed by atoms with E-state index in [0.717, 1.165) is 12.2 Å². The predicted octanol–water partition coefficient (Wildman–Crippen LogP) is 3.59. The van der Waals surface area contributed by atoms with E-state index in [9.17, 15) is 14.7 Å². The molecule has 0 fully saturated rings. The van der Waals surface area contributed by atoms with Gasteiger partial charge in [0.25, 0.3) is 5.56 Å². The fourth-order valence-electron chi connectivity index (χ4n) is 2.73. The number of benzene rings is 2. The summed E-state index contributed by atoms with van der Waals surface area (Å²) < 4.78 is 1.66. The number of nitrogens with zero attached hydrogens (tertiary/aromatic N) is 2. The zero-order chi connectivity index (χ0) is 19.9. The molecular weight excluding hydrogens is 394 g/mol. The number of hydrogen-bond donors (Lipinski definition) is 2. The molecule has 2 N–H and O–H groups in total. The lowest BCUT2D eigenvalue weighted by Crippen LogP contribution is -2.24. The molecule has 0 saturated carbocycles. The van der Waals surface area contributed by atoms with Crippen LogP contribution in [0.5, 0.6) is 5.75 Å². The van der Waals surface area contributed by atoms with Gasteiger partial charge in [0.05, 0.1) is 16.7 Å². The highest BCUT2D eigenvalue weighted by molar-refractivity contribution is 7.99. The molecule has 3 aromatic rings. The van der Waals surface area contributed by atoms with Crippen molar-refractivity contribution in [3.05, 3.63) is 58.9 Å². The van der Waals surface area contributed by atoms with Crippen molar-refractivity contribution in [2.45, 2.75) is 18.1 Å². The highest BCUT2D eigenvalue weighted by Gasteiger charge is 2.13. The van der Waals surface area contributed by atoms with Gasteiger partial charge in [-0.05, 0) is 42.7 Å². The van der Waals surface area contributed by atoms with Crippen LogP contribution in [-0.2, 0) is 11.3 Å². The smallest absolute Gasteiger partial charge is 0.262 e. The predicted molar refractivity (Wildman–Crippen MR) is 116 cm³/mol. The summed E-state index contributed by atoms with van der Waals surface area (Å²) in [6.45, 7) is 0.564. The number of amides is 1. The van der Waals surface area contributed by atoms with E-state index < -0.39 is 0 Å². The molecule has 0 aliphatic heterocycles. The quantitative estimate of drug-likeness (QED) is 0.332. The summed E-state index contributed by atoms with van der Waals surface area (Å²) in [5.41, 5.74) is 1.07. The molecule has 0 aliphatic carbocycles. The minimum absolute atomic E-state index is 0.0809. The summed E-state index contributed by atoms with van der Waals surface area (Å²) >= 11 is 2.97. The largest absolute Gasteiger partial charge is 0.508 e. The third-order valence-electron chi connectivity index (χ3n) is 4.02. The Balaban J connectivity index is 1.79. The van der Waals surface area contributed by atoms with Gasteiger partial charge in [0.2, 0.25) is 5.91 Å². The average Bonchev–Trinajstić information content (AvgIpc) is 2.68. The molecule has 0 radical (unpaired) electrons. The Morgan fingerprint density at radius 2 is 2.04 bits per heavy atom. The van der Waals surface area contributed by atoms with Crippen LogP contribution in [0.1, 0.15) is 6.42 Å². The number of fused-ring (bicyclic) bond motifs is 1. The lowest BCUT2D eigenvalue weighted by molar-refractivity contribution is -0.113. The van der Waals surface area contributed by atoms with Crippen molar-refractivity contribution < 1.29 is 9.90 Å². The Bertz CT molecular complexity index is 1040. The van der Waals surface area contributed by atoms with Gasteiger partial charge in [0.1, 0.15) is 5.75 Å². The van der Waals surface area contributed by atoms with Gasteiger partial charge in [-0.3, -0.25) is 14.2 Å². The Kier molecular flexibility index (Phi) is 7.00. The topological polar surface area (TPSA) is 84.2 Å². The number of aromatic hydroxyl groups is 1. The minimum Gasteiger partial charge on any atom is -0.508 e. The number of para-hydroxylation sites is 1. The first-order valence-electron chi connectivity index (χ1n) is 8.78. The number of carbonyl (C=O) groups is 1. The molecule has 0 atom stereocenters. The van der Waals surface area contributed by atoms with Crippen molar-refractivity contribution in [3.63, 3.8) is 0 Å². The van der Waals surface area contributed by atoms with Gasteiger partial charge in [-0.15, -0.1) is 0 Å². The number of hydrogen-bond acceptors (Lipinski definition) is 6. The van der Waals surface area contributed by atoms with E-state index in [0.29, 0.717) is 28.3 Å². The number of carbonyl (C=O) groups excluding carboxylic acids is 1. The van der Waals surface area contributed by atoms with Crippen LogP contribution in [0.3, 0.4) is 0 Å². The molecule has 8 heteroatoms. The molecule has 3 rings (SSSR count). The molecule has 1 heterocycles. The van der Waals surface area contributed by atoms with E-state index in [-0.39, 0.29) is 23.0 Å². The molecular formula is C20H21N3O3S2. The Labute approximate surface area is 171 Å². The van der Waals surface area contributed by atoms with E-state index >= 15 is 0 Å². The van der Waals surface area contributed by atoms with Crippen LogP contribution in [0, 0.1) is 0 Å². The number of phenolic OH excluding ortho intramolecular Hbond substituents is 1. The number of anilines is 1. The second-order valence-electron chi connectivity index (χ2n) is 6.10. The van der Waals surface area contributed by atoms with Gasteiger partial charge >= 0.3 is 0 Å². The third-order valence-corrected chi connectivity index (χ3v) is 5.69. The van der Waals surface area contributed by atoms with Crippen molar-refractivity contribution in [2.75, 3.05) is 23.1 Å². The second kappa shape index (κ2) is 9.66. The van der Waals surface area contributed by atoms with E-state index in [1.54, 1.807) is 40.6 Å². The molecule has 1 aromatic heterocycles. The minimum atomic E-state index is -0.228. The van der Waals surface area contributed by atoms with Gasteiger partial charge in [-0.1, -0.05) is 30.0 Å². The Hall–Kier alpha value is -2.45. The van der Waals surface area contributed by atoms with Crippen LogP contribution in [0.4, 0.5) is 5.69 Å². The van der Waals surface area contributed by atoms with Gasteiger partial charge < -0.3 is 10.4 Å². The second-order valence-corrected chi connectivity index (χ2v) is 8.03. The maximum Gasteiger partial charge on any atom is 0.262 e. The fourth-order valence-corrected chi connectivity index (χ4v) is 3.98. The van der Waals surface area contributed by atoms with E-state index in [1.807, 2.05) is 18.4 Å². The van der Waals surface area contributed by atoms with Crippen molar-refractivity contribution in [2.24, 2.45) is 0 Å². The highest BCUT2D eigenvalue weighted by atomic mass is 32.2. The normalized spacial score (nSPS) is 10.9. The lowest BCUT2D eigenvalue weighted by atomic mass is 10.2. The van der Waals surface area contributed by atoms with Crippen LogP contribution in [-0.4, -0.2) is 38.3 Å². The average molecular weight is 416 g/mol. The van der Waals surface area contributed by atoms with Gasteiger partial charge in [0.15, 0.2) is 5.16 Å². The van der Waals surface area contributed by atoms with Crippen LogP contribution in [0.2, 0.25) is 0 Å². The molecule has 0 saturated heterocycles. The zero-order valence-corrected chi connectivity index (χ0v) is 17.1. The standard InChI is InChI=1S/C20H21N3O3S2/c1-27-11-5-10-23-19(26)16-8-2-3-9-17(16)22-20(23)28-13-18(25)21-14-6-4-7-15(24)12-14/h2-4,6-9,12,24H,5,10-11,13H2,1H3,(H,21,25). The summed E-state index contributed by atoms with van der Waals surface area (Å²) in [5, 5.41) is 13.4. The van der Waals surface area contributed by atoms with Crippen molar-refractivity contribution in [1.29, 1.82) is 0 Å². The number of nitrogens with one attached hydrogen (secondary N) is 1. The van der Waals surface area contributed by atoms with Crippen molar-refractivity contribution in [1.82, 2.24) is 9.55 Å². The summed E-state index contributed by atoms with van der Waals surface area (Å²) in [6.07, 6.45) is 2.88. The van der Waals surface area contributed by atoms with Gasteiger partial charge in [-0.2, -0.15) is 11.8 Å². The van der Waals surface area contributed by atoms with Crippen LogP contribution in [0.15, 0.2) is 58.5 Å². The molecule has 0 spiro atoms. The molecule has 2 aromatic carbocycles. The van der Waals surface area contributed by atoms with Crippen LogP contribution >= 0.6 is 23.5 Å². The monoisotopic (exact) mass is 415 g/mol. The molecule has 28 heavy (non-hydrogen) atoms. The Morgan fingerprint density at radius 3 is 2.82 bits per heavy atom. The number of aromatic nitrogens is 2. The molecule has 1 amide bonds. The maximum atomic E-state index is 12.9. The van der Waals surface area contributed by atoms with E-state index in [1.165, 1.54) is 23.9 Å². The maximum absolute atomic E-state index is 12.9. The molecule has 0 bridgehead atoms. The van der Waals surface area contributed by atoms with Crippen molar-refractivity contribution >= 4 is 46.0 Å². The Morgan fingerprint density at radius 1 is 1.21 bits per heavy atom. The summed E-state index contributed by atoms with van der Waals surface area (Å²) in [5.74, 6) is 0.919. The summed E-state index contributed by atoms with van der Waals surface area (Å²) in [6, 6.07) is 13.6. The number of rotatable bonds is 8. The van der Waals surface area contributed by atoms with E-state index in [4.69, 9.17) is 0 Å². The molecule has 6 nitrogen and oxygen atoms in total. The van der Waals surface area contributed by atoms with Crippen molar-refractivity contribution in [3.8, 4) is 5.75 Å². The SMILES string of the molecule is CSCCCn1c(SCC(=O)Nc2cccc(O)c2)nc2ccccc2c1=O. The first-order chi connectivity index (χ1) is 13.6. The fraction of sp³-hybridized carbons (Fsp3) is 0.250.